The second-order valence-corrected chi connectivity index (χ2v) is 7.49. The van der Waals surface area contributed by atoms with Crippen molar-refractivity contribution in [3.8, 4) is 5.75 Å². The molecule has 0 atom stereocenters. The topological polar surface area (TPSA) is 95.4 Å². The predicted octanol–water partition coefficient (Wildman–Crippen LogP) is 2.88. The van der Waals surface area contributed by atoms with Crippen LogP contribution in [0.15, 0.2) is 59.8 Å². The first-order chi connectivity index (χ1) is 13.5. The molecule has 1 aromatic heterocycles. The SMILES string of the molecule is O=C(NN1C(=O)C(=Cc2ccc3nccnc3c2)SC1=S)c1ccc(O)cc1. The molecule has 0 spiro atoms. The fourth-order valence-corrected chi connectivity index (χ4v) is 3.74. The Morgan fingerprint density at radius 2 is 1.82 bits per heavy atom. The Labute approximate surface area is 169 Å². The molecule has 0 unspecified atom stereocenters. The lowest BCUT2D eigenvalue weighted by atomic mass is 10.2. The summed E-state index contributed by atoms with van der Waals surface area (Å²) in [5.41, 5.74) is 5.04. The third-order valence-electron chi connectivity index (χ3n) is 3.93. The molecule has 0 bridgehead atoms. The number of carbonyl (C=O) groups is 2. The van der Waals surface area contributed by atoms with Gasteiger partial charge in [0.15, 0.2) is 4.32 Å². The first kappa shape index (κ1) is 18.1. The first-order valence-corrected chi connectivity index (χ1v) is 9.32. The number of nitrogens with one attached hydrogen (secondary N) is 1. The Kier molecular flexibility index (Phi) is 4.76. The smallest absolute Gasteiger partial charge is 0.285 e. The Bertz CT molecular complexity index is 1150. The van der Waals surface area contributed by atoms with Crippen LogP contribution in [0.4, 0.5) is 0 Å². The molecule has 0 radical (unpaired) electrons. The van der Waals surface area contributed by atoms with Crippen LogP contribution in [0.5, 0.6) is 5.75 Å². The summed E-state index contributed by atoms with van der Waals surface area (Å²) >= 11 is 6.33. The largest absolute Gasteiger partial charge is 0.508 e. The number of benzene rings is 2. The number of nitrogens with zero attached hydrogens (tertiary/aromatic N) is 3. The molecule has 1 aliphatic rings. The van der Waals surface area contributed by atoms with E-state index in [9.17, 15) is 14.7 Å². The maximum Gasteiger partial charge on any atom is 0.285 e. The zero-order chi connectivity index (χ0) is 19.7. The van der Waals surface area contributed by atoms with Gasteiger partial charge in [0.1, 0.15) is 5.75 Å². The highest BCUT2D eigenvalue weighted by Gasteiger charge is 2.33. The van der Waals surface area contributed by atoms with Crippen LogP contribution < -0.4 is 5.43 Å². The van der Waals surface area contributed by atoms with Gasteiger partial charge in [-0.3, -0.25) is 25.0 Å². The molecule has 0 aliphatic carbocycles. The van der Waals surface area contributed by atoms with E-state index in [0.29, 0.717) is 16.0 Å². The molecule has 9 heteroatoms. The van der Waals surface area contributed by atoms with Gasteiger partial charge in [0.25, 0.3) is 11.8 Å². The van der Waals surface area contributed by atoms with Crippen molar-refractivity contribution < 1.29 is 14.7 Å². The monoisotopic (exact) mass is 408 g/mol. The van der Waals surface area contributed by atoms with E-state index in [2.05, 4.69) is 15.4 Å². The molecule has 1 saturated heterocycles. The van der Waals surface area contributed by atoms with E-state index < -0.39 is 11.8 Å². The molecule has 2 aromatic carbocycles. The molecule has 2 amide bonds. The van der Waals surface area contributed by atoms with Gasteiger partial charge in [0.05, 0.1) is 15.9 Å². The number of fused-ring (bicyclic) bond motifs is 1. The lowest BCUT2D eigenvalue weighted by Crippen LogP contribution is -2.44. The van der Waals surface area contributed by atoms with E-state index in [0.717, 1.165) is 27.9 Å². The molecule has 7 nitrogen and oxygen atoms in total. The number of thioether (sulfide) groups is 1. The molecule has 2 heterocycles. The summed E-state index contributed by atoms with van der Waals surface area (Å²) < 4.78 is 0.226. The van der Waals surface area contributed by atoms with Crippen LogP contribution >= 0.6 is 24.0 Å². The average molecular weight is 408 g/mol. The Morgan fingerprint density at radius 1 is 1.11 bits per heavy atom. The van der Waals surface area contributed by atoms with Crippen molar-refractivity contribution in [3.05, 3.63) is 70.9 Å². The number of rotatable bonds is 3. The number of amides is 2. The minimum atomic E-state index is -0.501. The standard InChI is InChI=1S/C19H12N4O3S2/c24-13-4-2-12(3-5-13)17(25)22-23-18(26)16(28-19(23)27)10-11-1-6-14-15(9-11)21-8-7-20-14/h1-10,24H,(H,22,25). The van der Waals surface area contributed by atoms with E-state index in [1.165, 1.54) is 24.3 Å². The minimum absolute atomic E-state index is 0.0465. The van der Waals surface area contributed by atoms with Gasteiger partial charge in [0.2, 0.25) is 0 Å². The summed E-state index contributed by atoms with van der Waals surface area (Å²) in [5, 5.41) is 10.4. The van der Waals surface area contributed by atoms with E-state index in [1.54, 1.807) is 18.5 Å². The van der Waals surface area contributed by atoms with Gasteiger partial charge in [-0.2, -0.15) is 5.01 Å². The number of hydrogen-bond acceptors (Lipinski definition) is 7. The molecular formula is C19H12N4O3S2. The number of aromatic hydroxyl groups is 1. The highest BCUT2D eigenvalue weighted by atomic mass is 32.2. The Hall–Kier alpha value is -3.30. The number of carbonyl (C=O) groups excluding carboxylic acids is 2. The molecule has 3 aromatic rings. The average Bonchev–Trinajstić information content (AvgIpc) is 2.95. The van der Waals surface area contributed by atoms with Gasteiger partial charge < -0.3 is 5.11 Å². The second kappa shape index (κ2) is 7.37. The van der Waals surface area contributed by atoms with E-state index >= 15 is 0 Å². The molecule has 28 heavy (non-hydrogen) atoms. The summed E-state index contributed by atoms with van der Waals surface area (Å²) in [6.45, 7) is 0. The fraction of sp³-hybridized carbons (Fsp3) is 0. The van der Waals surface area contributed by atoms with Crippen LogP contribution in [0.1, 0.15) is 15.9 Å². The van der Waals surface area contributed by atoms with Crippen LogP contribution in [0.2, 0.25) is 0 Å². The highest BCUT2D eigenvalue weighted by molar-refractivity contribution is 8.26. The highest BCUT2D eigenvalue weighted by Crippen LogP contribution is 2.31. The Morgan fingerprint density at radius 3 is 2.57 bits per heavy atom. The number of hydrogen-bond donors (Lipinski definition) is 2. The normalized spacial score (nSPS) is 15.4. The summed E-state index contributed by atoms with van der Waals surface area (Å²) in [7, 11) is 0. The second-order valence-electron chi connectivity index (χ2n) is 5.81. The molecule has 2 N–H and O–H groups in total. The van der Waals surface area contributed by atoms with E-state index in [1.807, 2.05) is 18.2 Å². The van der Waals surface area contributed by atoms with Crippen molar-refractivity contribution in [1.82, 2.24) is 20.4 Å². The molecule has 4 rings (SSSR count). The first-order valence-electron chi connectivity index (χ1n) is 8.10. The molecule has 0 saturated carbocycles. The lowest BCUT2D eigenvalue weighted by Gasteiger charge is -2.15. The summed E-state index contributed by atoms with van der Waals surface area (Å²) in [6.07, 6.45) is 4.91. The van der Waals surface area contributed by atoms with Crippen LogP contribution in [0.25, 0.3) is 17.1 Å². The zero-order valence-corrected chi connectivity index (χ0v) is 15.8. The van der Waals surface area contributed by atoms with Crippen molar-refractivity contribution in [1.29, 1.82) is 0 Å². The predicted molar refractivity (Wildman–Crippen MR) is 110 cm³/mol. The molecule has 138 valence electrons. The number of aromatic nitrogens is 2. The fourth-order valence-electron chi connectivity index (χ4n) is 2.56. The Balaban J connectivity index is 1.55. The van der Waals surface area contributed by atoms with Crippen molar-refractivity contribution in [2.45, 2.75) is 0 Å². The minimum Gasteiger partial charge on any atom is -0.508 e. The van der Waals surface area contributed by atoms with Crippen molar-refractivity contribution >= 4 is 57.2 Å². The molecular weight excluding hydrogens is 396 g/mol. The zero-order valence-electron chi connectivity index (χ0n) is 14.2. The van der Waals surface area contributed by atoms with Crippen LogP contribution in [-0.4, -0.2) is 36.2 Å². The number of phenols is 1. The molecule has 1 fully saturated rings. The van der Waals surface area contributed by atoms with Gasteiger partial charge in [-0.15, -0.1) is 0 Å². The third kappa shape index (κ3) is 3.57. The third-order valence-corrected chi connectivity index (χ3v) is 5.23. The van der Waals surface area contributed by atoms with Crippen molar-refractivity contribution in [3.63, 3.8) is 0 Å². The quantitative estimate of drug-likeness (QED) is 0.508. The lowest BCUT2D eigenvalue weighted by molar-refractivity contribution is -0.123. The maximum absolute atomic E-state index is 12.7. The summed E-state index contributed by atoms with van der Waals surface area (Å²) in [5.74, 6) is -0.870. The van der Waals surface area contributed by atoms with Crippen LogP contribution in [0, 0.1) is 0 Å². The van der Waals surface area contributed by atoms with Gasteiger partial charge in [-0.05, 0) is 60.3 Å². The van der Waals surface area contributed by atoms with Gasteiger partial charge in [-0.25, -0.2) is 0 Å². The number of thiocarbonyl (C=S) groups is 1. The van der Waals surface area contributed by atoms with E-state index in [4.69, 9.17) is 12.2 Å². The van der Waals surface area contributed by atoms with Gasteiger partial charge in [0, 0.05) is 18.0 Å². The number of hydrazine groups is 1. The van der Waals surface area contributed by atoms with Crippen LogP contribution in [0.3, 0.4) is 0 Å². The summed E-state index contributed by atoms with van der Waals surface area (Å²) in [4.78, 5) is 33.8. The van der Waals surface area contributed by atoms with Crippen molar-refractivity contribution in [2.24, 2.45) is 0 Å². The van der Waals surface area contributed by atoms with Gasteiger partial charge >= 0.3 is 0 Å². The van der Waals surface area contributed by atoms with Gasteiger partial charge in [-0.1, -0.05) is 17.8 Å². The number of phenolic OH excluding ortho intramolecular Hbond substituents is 1. The van der Waals surface area contributed by atoms with E-state index in [-0.39, 0.29) is 10.1 Å². The van der Waals surface area contributed by atoms with Crippen molar-refractivity contribution in [2.75, 3.05) is 0 Å². The maximum atomic E-state index is 12.7. The molecule has 1 aliphatic heterocycles. The summed E-state index contributed by atoms with van der Waals surface area (Å²) in [6, 6.07) is 11.2. The van der Waals surface area contributed by atoms with Crippen LogP contribution in [-0.2, 0) is 4.79 Å².